The molecule has 0 unspecified atom stereocenters. The van der Waals surface area contributed by atoms with Crippen LogP contribution in [0.3, 0.4) is 0 Å². The maximum atomic E-state index is 5.62. The number of aromatic amines is 1. The maximum absolute atomic E-state index is 5.62. The van der Waals surface area contributed by atoms with Gasteiger partial charge >= 0.3 is 0 Å². The molecule has 2 aromatic rings. The summed E-state index contributed by atoms with van der Waals surface area (Å²) in [5, 5.41) is 7.31. The number of rotatable bonds is 5. The molecule has 1 aromatic heterocycles. The lowest BCUT2D eigenvalue weighted by atomic mass is 10.0. The highest BCUT2D eigenvalue weighted by atomic mass is 16.5. The van der Waals surface area contributed by atoms with E-state index in [1.165, 1.54) is 0 Å². The Morgan fingerprint density at radius 2 is 1.95 bits per heavy atom. The van der Waals surface area contributed by atoms with Crippen LogP contribution in [0.15, 0.2) is 18.2 Å². The van der Waals surface area contributed by atoms with Gasteiger partial charge in [0.05, 0.1) is 19.9 Å². The number of nitrogens with two attached hydrogens (primary N) is 1. The van der Waals surface area contributed by atoms with E-state index in [2.05, 4.69) is 10.2 Å². The van der Waals surface area contributed by atoms with E-state index < -0.39 is 0 Å². The molecule has 19 heavy (non-hydrogen) atoms. The molecule has 3 N–H and O–H groups in total. The first-order valence-electron chi connectivity index (χ1n) is 6.17. The third-order valence-electron chi connectivity index (χ3n) is 3.08. The van der Waals surface area contributed by atoms with Gasteiger partial charge in [0.2, 0.25) is 0 Å². The van der Waals surface area contributed by atoms with Crippen LogP contribution in [0.2, 0.25) is 0 Å². The molecule has 1 aromatic carbocycles. The van der Waals surface area contributed by atoms with E-state index in [0.29, 0.717) is 18.0 Å². The summed E-state index contributed by atoms with van der Waals surface area (Å²) in [5.41, 5.74) is 9.76. The van der Waals surface area contributed by atoms with Crippen LogP contribution in [0.25, 0.3) is 11.1 Å². The first-order chi connectivity index (χ1) is 9.21. The third kappa shape index (κ3) is 2.56. The minimum Gasteiger partial charge on any atom is -0.493 e. The lowest BCUT2D eigenvalue weighted by molar-refractivity contribution is 0.355. The van der Waals surface area contributed by atoms with E-state index in [-0.39, 0.29) is 0 Å². The molecule has 0 aliphatic rings. The number of nitrogens with zero attached hydrogens (tertiary/aromatic N) is 1. The number of benzene rings is 1. The van der Waals surface area contributed by atoms with Gasteiger partial charge < -0.3 is 15.2 Å². The van der Waals surface area contributed by atoms with Gasteiger partial charge in [0.25, 0.3) is 0 Å². The number of aryl methyl sites for hydroxylation is 1. The van der Waals surface area contributed by atoms with Crippen molar-refractivity contribution >= 4 is 0 Å². The molecule has 102 valence electrons. The molecular formula is C14H19N3O2. The van der Waals surface area contributed by atoms with Gasteiger partial charge in [0.15, 0.2) is 11.5 Å². The highest BCUT2D eigenvalue weighted by Crippen LogP contribution is 2.34. The van der Waals surface area contributed by atoms with Crippen LogP contribution in [-0.4, -0.2) is 31.0 Å². The predicted octanol–water partition coefficient (Wildman–Crippen LogP) is 1.90. The number of hydrogen-bond donors (Lipinski definition) is 2. The molecule has 0 aliphatic carbocycles. The fourth-order valence-electron chi connectivity index (χ4n) is 2.17. The summed E-state index contributed by atoms with van der Waals surface area (Å²) in [6.07, 6.45) is 0.744. The molecule has 0 bridgehead atoms. The number of aromatic nitrogens is 2. The van der Waals surface area contributed by atoms with E-state index >= 15 is 0 Å². The first-order valence-corrected chi connectivity index (χ1v) is 6.17. The van der Waals surface area contributed by atoms with E-state index in [4.69, 9.17) is 15.2 Å². The second-order valence-corrected chi connectivity index (χ2v) is 4.28. The van der Waals surface area contributed by atoms with Crippen molar-refractivity contribution in [2.75, 3.05) is 20.8 Å². The Labute approximate surface area is 112 Å². The number of methoxy groups -OCH3 is 2. The van der Waals surface area contributed by atoms with Gasteiger partial charge in [-0.15, -0.1) is 0 Å². The molecule has 1 heterocycles. The van der Waals surface area contributed by atoms with E-state index in [1.54, 1.807) is 14.2 Å². The average Bonchev–Trinajstić information content (AvgIpc) is 2.79. The second-order valence-electron chi connectivity index (χ2n) is 4.28. The van der Waals surface area contributed by atoms with Crippen LogP contribution >= 0.6 is 0 Å². The zero-order valence-corrected chi connectivity index (χ0v) is 11.5. The third-order valence-corrected chi connectivity index (χ3v) is 3.08. The summed E-state index contributed by atoms with van der Waals surface area (Å²) in [5.74, 6) is 1.42. The van der Waals surface area contributed by atoms with Crippen LogP contribution in [0.5, 0.6) is 11.5 Å². The number of hydrogen-bond acceptors (Lipinski definition) is 4. The van der Waals surface area contributed by atoms with Crippen molar-refractivity contribution in [3.8, 4) is 22.6 Å². The Bertz CT molecular complexity index is 564. The Kier molecular flexibility index (Phi) is 4.06. The fraction of sp³-hybridized carbons (Fsp3) is 0.357. The molecule has 0 amide bonds. The van der Waals surface area contributed by atoms with E-state index in [0.717, 1.165) is 28.9 Å². The summed E-state index contributed by atoms with van der Waals surface area (Å²) in [7, 11) is 3.26. The molecule has 0 radical (unpaired) electrons. The summed E-state index contributed by atoms with van der Waals surface area (Å²) in [6, 6.07) is 5.85. The van der Waals surface area contributed by atoms with Crippen molar-refractivity contribution in [1.82, 2.24) is 10.2 Å². The van der Waals surface area contributed by atoms with Crippen LogP contribution in [0, 0.1) is 6.92 Å². The Morgan fingerprint density at radius 3 is 2.58 bits per heavy atom. The van der Waals surface area contributed by atoms with Crippen molar-refractivity contribution in [3.05, 3.63) is 29.6 Å². The van der Waals surface area contributed by atoms with Gasteiger partial charge in [-0.25, -0.2) is 0 Å². The zero-order valence-electron chi connectivity index (χ0n) is 11.5. The van der Waals surface area contributed by atoms with Gasteiger partial charge in [0, 0.05) is 17.7 Å². The monoisotopic (exact) mass is 261 g/mol. The smallest absolute Gasteiger partial charge is 0.161 e. The lowest BCUT2D eigenvalue weighted by Crippen LogP contribution is -2.04. The fourth-order valence-corrected chi connectivity index (χ4v) is 2.17. The Hall–Kier alpha value is -2.01. The molecule has 5 nitrogen and oxygen atoms in total. The quantitative estimate of drug-likeness (QED) is 0.862. The molecule has 0 saturated carbocycles. The molecule has 2 rings (SSSR count). The van der Waals surface area contributed by atoms with Crippen LogP contribution < -0.4 is 15.2 Å². The van der Waals surface area contributed by atoms with Gasteiger partial charge in [-0.1, -0.05) is 6.07 Å². The summed E-state index contributed by atoms with van der Waals surface area (Å²) >= 11 is 0. The molecular weight excluding hydrogens is 242 g/mol. The Morgan fingerprint density at radius 1 is 1.21 bits per heavy atom. The molecule has 0 atom stereocenters. The SMILES string of the molecule is COc1ccc(-c2c(CCN)n[nH]c2C)cc1OC. The van der Waals surface area contributed by atoms with Crippen molar-refractivity contribution < 1.29 is 9.47 Å². The van der Waals surface area contributed by atoms with Gasteiger partial charge in [-0.3, -0.25) is 5.10 Å². The van der Waals surface area contributed by atoms with Crippen LogP contribution in [0.4, 0.5) is 0 Å². The molecule has 0 spiro atoms. The van der Waals surface area contributed by atoms with Gasteiger partial charge in [-0.2, -0.15) is 5.10 Å². The van der Waals surface area contributed by atoms with Crippen LogP contribution in [0.1, 0.15) is 11.4 Å². The van der Waals surface area contributed by atoms with E-state index in [9.17, 15) is 0 Å². The van der Waals surface area contributed by atoms with Crippen molar-refractivity contribution in [3.63, 3.8) is 0 Å². The lowest BCUT2D eigenvalue weighted by Gasteiger charge is -2.10. The molecule has 5 heteroatoms. The van der Waals surface area contributed by atoms with E-state index in [1.807, 2.05) is 25.1 Å². The largest absolute Gasteiger partial charge is 0.493 e. The summed E-state index contributed by atoms with van der Waals surface area (Å²) in [4.78, 5) is 0. The second kappa shape index (κ2) is 5.75. The maximum Gasteiger partial charge on any atom is 0.161 e. The van der Waals surface area contributed by atoms with Crippen molar-refractivity contribution in [2.45, 2.75) is 13.3 Å². The topological polar surface area (TPSA) is 73.2 Å². The number of ether oxygens (including phenoxy) is 2. The molecule has 0 fully saturated rings. The van der Waals surface area contributed by atoms with Crippen molar-refractivity contribution in [2.24, 2.45) is 5.73 Å². The average molecular weight is 261 g/mol. The normalized spacial score (nSPS) is 10.5. The Balaban J connectivity index is 2.49. The number of H-pyrrole nitrogens is 1. The number of nitrogens with one attached hydrogen (secondary N) is 1. The first kappa shape index (κ1) is 13.4. The predicted molar refractivity (Wildman–Crippen MR) is 74.6 cm³/mol. The highest BCUT2D eigenvalue weighted by Gasteiger charge is 2.14. The minimum absolute atomic E-state index is 0.574. The van der Waals surface area contributed by atoms with Crippen molar-refractivity contribution in [1.29, 1.82) is 0 Å². The summed E-state index contributed by atoms with van der Waals surface area (Å²) in [6.45, 7) is 2.57. The van der Waals surface area contributed by atoms with Crippen LogP contribution in [-0.2, 0) is 6.42 Å². The molecule has 0 saturated heterocycles. The van der Waals surface area contributed by atoms with Gasteiger partial charge in [-0.05, 0) is 31.2 Å². The highest BCUT2D eigenvalue weighted by molar-refractivity contribution is 5.71. The van der Waals surface area contributed by atoms with Gasteiger partial charge in [0.1, 0.15) is 0 Å². The zero-order chi connectivity index (χ0) is 13.8. The molecule has 0 aliphatic heterocycles. The summed E-state index contributed by atoms with van der Waals surface area (Å²) < 4.78 is 10.6. The standard InChI is InChI=1S/C14H19N3O2/c1-9-14(11(6-7-15)17-16-9)10-4-5-12(18-2)13(8-10)19-3/h4-5,8H,6-7,15H2,1-3H3,(H,16,17). The minimum atomic E-state index is 0.574.